The Bertz CT molecular complexity index is 1120. The molecular weight excluding hydrogens is 404 g/mol. The van der Waals surface area contributed by atoms with Crippen LogP contribution in [0.1, 0.15) is 17.5 Å². The summed E-state index contributed by atoms with van der Waals surface area (Å²) in [6, 6.07) is 20.4. The van der Waals surface area contributed by atoms with Crippen LogP contribution in [0.4, 0.5) is 11.4 Å². The molecule has 6 heteroatoms. The van der Waals surface area contributed by atoms with Crippen molar-refractivity contribution in [3.63, 3.8) is 0 Å². The smallest absolute Gasteiger partial charge is 0.229 e. The molecule has 4 rings (SSSR count). The van der Waals surface area contributed by atoms with Gasteiger partial charge in [-0.25, -0.2) is 0 Å². The van der Waals surface area contributed by atoms with Gasteiger partial charge >= 0.3 is 0 Å². The number of nitrogens with one attached hydrogen (secondary N) is 1. The Morgan fingerprint density at radius 1 is 0.969 bits per heavy atom. The number of hydrogen-bond donors (Lipinski definition) is 1. The number of hydrogen-bond acceptors (Lipinski definition) is 4. The largest absolute Gasteiger partial charge is 0.497 e. The summed E-state index contributed by atoms with van der Waals surface area (Å²) in [5.41, 5.74) is 3.69. The molecule has 164 valence electrons. The van der Waals surface area contributed by atoms with Crippen LogP contribution in [-0.4, -0.2) is 25.5 Å². The lowest BCUT2D eigenvalue weighted by Gasteiger charge is -2.17. The molecule has 3 aromatic carbocycles. The first-order valence-corrected chi connectivity index (χ1v) is 10.5. The van der Waals surface area contributed by atoms with E-state index >= 15 is 0 Å². The first-order valence-electron chi connectivity index (χ1n) is 10.5. The Balaban J connectivity index is 1.37. The van der Waals surface area contributed by atoms with Crippen molar-refractivity contribution in [1.29, 1.82) is 0 Å². The number of amides is 2. The Hall–Kier alpha value is -3.80. The third kappa shape index (κ3) is 4.59. The molecule has 1 fully saturated rings. The van der Waals surface area contributed by atoms with Crippen LogP contribution >= 0.6 is 0 Å². The highest BCUT2D eigenvalue weighted by Crippen LogP contribution is 2.29. The predicted octanol–water partition coefficient (Wildman–Crippen LogP) is 5.10. The second-order valence-corrected chi connectivity index (χ2v) is 7.92. The van der Waals surface area contributed by atoms with E-state index < -0.39 is 5.92 Å². The minimum absolute atomic E-state index is 0.0624. The van der Waals surface area contributed by atoms with Crippen molar-refractivity contribution in [1.82, 2.24) is 0 Å². The van der Waals surface area contributed by atoms with Crippen molar-refractivity contribution in [2.75, 3.05) is 23.9 Å². The second kappa shape index (κ2) is 9.14. The third-order valence-electron chi connectivity index (χ3n) is 5.78. The van der Waals surface area contributed by atoms with E-state index in [0.717, 1.165) is 22.7 Å². The van der Waals surface area contributed by atoms with Gasteiger partial charge in [-0.15, -0.1) is 0 Å². The number of carbonyl (C=O) groups excluding carboxylic acids is 2. The van der Waals surface area contributed by atoms with E-state index in [-0.39, 0.29) is 18.2 Å². The topological polar surface area (TPSA) is 67.9 Å². The molecule has 1 aliphatic heterocycles. The minimum atomic E-state index is -0.407. The molecule has 0 aliphatic carbocycles. The lowest BCUT2D eigenvalue weighted by Crippen LogP contribution is -2.28. The van der Waals surface area contributed by atoms with E-state index in [4.69, 9.17) is 9.47 Å². The number of benzene rings is 3. The quantitative estimate of drug-likeness (QED) is 0.591. The number of carbonyl (C=O) groups is 2. The van der Waals surface area contributed by atoms with E-state index in [9.17, 15) is 9.59 Å². The number of anilines is 2. The normalized spacial score (nSPS) is 15.5. The molecule has 0 bridgehead atoms. The molecule has 1 aliphatic rings. The highest BCUT2D eigenvalue weighted by molar-refractivity contribution is 6.03. The van der Waals surface area contributed by atoms with Crippen molar-refractivity contribution in [2.24, 2.45) is 5.92 Å². The van der Waals surface area contributed by atoms with E-state index in [0.29, 0.717) is 18.0 Å². The third-order valence-corrected chi connectivity index (χ3v) is 5.78. The first kappa shape index (κ1) is 21.4. The van der Waals surface area contributed by atoms with Crippen molar-refractivity contribution in [3.05, 3.63) is 77.9 Å². The van der Waals surface area contributed by atoms with Gasteiger partial charge in [-0.2, -0.15) is 0 Å². The molecule has 1 atom stereocenters. The average Bonchev–Trinajstić information content (AvgIpc) is 3.20. The first-order chi connectivity index (χ1) is 15.4. The zero-order valence-corrected chi connectivity index (χ0v) is 18.4. The van der Waals surface area contributed by atoms with Gasteiger partial charge in [-0.3, -0.25) is 9.59 Å². The Morgan fingerprint density at radius 2 is 1.66 bits per heavy atom. The van der Waals surface area contributed by atoms with E-state index in [1.54, 1.807) is 36.3 Å². The monoisotopic (exact) mass is 430 g/mol. The molecule has 1 heterocycles. The summed E-state index contributed by atoms with van der Waals surface area (Å²) >= 11 is 0. The molecule has 2 amide bonds. The summed E-state index contributed by atoms with van der Waals surface area (Å²) in [6.07, 6.45) is 0.186. The summed E-state index contributed by atoms with van der Waals surface area (Å²) in [5, 5.41) is 2.91. The summed E-state index contributed by atoms with van der Waals surface area (Å²) in [5.74, 6) is 1.59. The van der Waals surface area contributed by atoms with Crippen LogP contribution in [0.2, 0.25) is 0 Å². The van der Waals surface area contributed by atoms with Crippen LogP contribution in [0.5, 0.6) is 17.2 Å². The highest BCUT2D eigenvalue weighted by atomic mass is 16.5. The van der Waals surface area contributed by atoms with Crippen LogP contribution < -0.4 is 19.7 Å². The Morgan fingerprint density at radius 3 is 2.34 bits per heavy atom. The SMILES string of the molecule is COc1ccc(N2C[C@H](C(=O)Nc3ccc(Oc4cccc(C)c4C)cc3)CC2=O)cc1. The van der Waals surface area contributed by atoms with Gasteiger partial charge < -0.3 is 19.7 Å². The maximum atomic E-state index is 12.8. The Kier molecular flexibility index (Phi) is 6.12. The van der Waals surface area contributed by atoms with Crippen molar-refractivity contribution >= 4 is 23.2 Å². The number of rotatable bonds is 6. The molecule has 0 spiro atoms. The lowest BCUT2D eigenvalue weighted by molar-refractivity contribution is -0.122. The summed E-state index contributed by atoms with van der Waals surface area (Å²) in [6.45, 7) is 4.42. The molecule has 1 saturated heterocycles. The molecule has 6 nitrogen and oxygen atoms in total. The summed E-state index contributed by atoms with van der Waals surface area (Å²) < 4.78 is 11.1. The number of methoxy groups -OCH3 is 1. The number of aryl methyl sites for hydroxylation is 1. The van der Waals surface area contributed by atoms with Crippen LogP contribution in [0.3, 0.4) is 0 Å². The molecule has 0 aromatic heterocycles. The zero-order chi connectivity index (χ0) is 22.7. The van der Waals surface area contributed by atoms with Gasteiger partial charge in [0.05, 0.1) is 13.0 Å². The molecule has 0 unspecified atom stereocenters. The van der Waals surface area contributed by atoms with Crippen molar-refractivity contribution < 1.29 is 19.1 Å². The van der Waals surface area contributed by atoms with Crippen LogP contribution in [0, 0.1) is 19.8 Å². The zero-order valence-electron chi connectivity index (χ0n) is 18.4. The Labute approximate surface area is 187 Å². The van der Waals surface area contributed by atoms with Gasteiger partial charge in [0, 0.05) is 24.3 Å². The lowest BCUT2D eigenvalue weighted by atomic mass is 10.1. The number of nitrogens with zero attached hydrogens (tertiary/aromatic N) is 1. The van der Waals surface area contributed by atoms with Gasteiger partial charge in [0.1, 0.15) is 17.2 Å². The molecule has 0 radical (unpaired) electrons. The maximum absolute atomic E-state index is 12.8. The standard InChI is InChI=1S/C26H26N2O4/c1-17-5-4-6-24(18(17)2)32-23-11-7-20(8-12-23)27-26(30)19-15-25(29)28(16-19)21-9-13-22(31-3)14-10-21/h4-14,19H,15-16H2,1-3H3,(H,27,30)/t19-/m1/s1. The molecule has 1 N–H and O–H groups in total. The van der Waals surface area contributed by atoms with Crippen LogP contribution in [0.25, 0.3) is 0 Å². The average molecular weight is 431 g/mol. The predicted molar refractivity (Wildman–Crippen MR) is 125 cm³/mol. The fourth-order valence-corrected chi connectivity index (χ4v) is 3.71. The highest BCUT2D eigenvalue weighted by Gasteiger charge is 2.35. The molecule has 3 aromatic rings. The number of ether oxygens (including phenoxy) is 2. The summed E-state index contributed by atoms with van der Waals surface area (Å²) in [7, 11) is 1.60. The van der Waals surface area contributed by atoms with Crippen molar-refractivity contribution in [3.8, 4) is 17.2 Å². The van der Waals surface area contributed by atoms with E-state index in [1.165, 1.54) is 5.56 Å². The van der Waals surface area contributed by atoms with Gasteiger partial charge in [-0.05, 0) is 79.6 Å². The summed E-state index contributed by atoms with van der Waals surface area (Å²) in [4.78, 5) is 26.9. The van der Waals surface area contributed by atoms with Crippen molar-refractivity contribution in [2.45, 2.75) is 20.3 Å². The van der Waals surface area contributed by atoms with E-state index in [1.807, 2.05) is 56.3 Å². The van der Waals surface area contributed by atoms with Gasteiger partial charge in [-0.1, -0.05) is 12.1 Å². The van der Waals surface area contributed by atoms with Gasteiger partial charge in [0.15, 0.2) is 0 Å². The minimum Gasteiger partial charge on any atom is -0.497 e. The fraction of sp³-hybridized carbons (Fsp3) is 0.231. The second-order valence-electron chi connectivity index (χ2n) is 7.92. The maximum Gasteiger partial charge on any atom is 0.229 e. The molecule has 0 saturated carbocycles. The van der Waals surface area contributed by atoms with Crippen LogP contribution in [0.15, 0.2) is 66.7 Å². The fourth-order valence-electron chi connectivity index (χ4n) is 3.71. The molecular formula is C26H26N2O4. The van der Waals surface area contributed by atoms with Crippen LogP contribution in [-0.2, 0) is 9.59 Å². The van der Waals surface area contributed by atoms with Gasteiger partial charge in [0.25, 0.3) is 0 Å². The molecule has 32 heavy (non-hydrogen) atoms. The van der Waals surface area contributed by atoms with Gasteiger partial charge in [0.2, 0.25) is 11.8 Å². The van der Waals surface area contributed by atoms with E-state index in [2.05, 4.69) is 5.32 Å².